The van der Waals surface area contributed by atoms with E-state index in [-0.39, 0.29) is 19.0 Å². The lowest BCUT2D eigenvalue weighted by atomic mass is 10.3. The molecule has 1 aromatic heterocycles. The Labute approximate surface area is 60.0 Å². The van der Waals surface area contributed by atoms with Crippen LogP contribution in [0.4, 0.5) is 0 Å². The van der Waals surface area contributed by atoms with Crippen LogP contribution >= 0.6 is 12.4 Å². The van der Waals surface area contributed by atoms with E-state index in [0.29, 0.717) is 0 Å². The Bertz CT molecular complexity index is 154. The normalized spacial score (nSPS) is 8.11. The zero-order chi connectivity index (χ0) is 5.82. The van der Waals surface area contributed by atoms with Crippen LogP contribution in [0.5, 0.6) is 0 Å². The van der Waals surface area contributed by atoms with E-state index in [9.17, 15) is 0 Å². The fourth-order valence-corrected chi connectivity index (χ4v) is 0.488. The number of nitrogens with zero attached hydrogens (tertiary/aromatic N) is 1. The van der Waals surface area contributed by atoms with Crippen molar-refractivity contribution in [2.24, 2.45) is 0 Å². The van der Waals surface area contributed by atoms with E-state index in [0.717, 1.165) is 5.56 Å². The summed E-state index contributed by atoms with van der Waals surface area (Å²) >= 11 is 0. The van der Waals surface area contributed by atoms with Crippen molar-refractivity contribution in [1.82, 2.24) is 4.98 Å². The summed E-state index contributed by atoms with van der Waals surface area (Å²) in [5.74, 6) is 0. The fraction of sp³-hybridized carbons (Fsp3) is 0.167. The Morgan fingerprint density at radius 3 is 2.22 bits per heavy atom. The van der Waals surface area contributed by atoms with Gasteiger partial charge in [-0.2, -0.15) is 0 Å². The smallest absolute Gasteiger partial charge is 0.0682 e. The van der Waals surface area contributed by atoms with Gasteiger partial charge in [-0.3, -0.25) is 4.98 Å². The van der Waals surface area contributed by atoms with E-state index in [1.54, 1.807) is 24.5 Å². The molecule has 0 radical (unpaired) electrons. The van der Waals surface area contributed by atoms with Crippen molar-refractivity contribution in [3.63, 3.8) is 0 Å². The van der Waals surface area contributed by atoms with Gasteiger partial charge in [-0.05, 0) is 17.7 Å². The van der Waals surface area contributed by atoms with Gasteiger partial charge in [0.1, 0.15) is 0 Å². The molecule has 1 heterocycles. The van der Waals surface area contributed by atoms with Crippen LogP contribution in [0, 0.1) is 0 Å². The summed E-state index contributed by atoms with van der Waals surface area (Å²) < 4.78 is 0. The van der Waals surface area contributed by atoms with Crippen LogP contribution in [0.3, 0.4) is 0 Å². The second-order valence-electron chi connectivity index (χ2n) is 1.51. The highest BCUT2D eigenvalue weighted by atomic mass is 35.5. The third-order valence-electron chi connectivity index (χ3n) is 0.932. The molecule has 3 heteroatoms. The van der Waals surface area contributed by atoms with Gasteiger partial charge in [0, 0.05) is 12.4 Å². The molecule has 0 amide bonds. The minimum atomic E-state index is 0. The summed E-state index contributed by atoms with van der Waals surface area (Å²) in [7, 11) is 0. The predicted octanol–water partition coefficient (Wildman–Crippen LogP) is 0.996. The third-order valence-corrected chi connectivity index (χ3v) is 0.932. The Morgan fingerprint density at radius 2 is 1.89 bits per heavy atom. The fourth-order valence-electron chi connectivity index (χ4n) is 0.488. The van der Waals surface area contributed by atoms with Crippen molar-refractivity contribution in [1.29, 1.82) is 0 Å². The van der Waals surface area contributed by atoms with Gasteiger partial charge in [0.05, 0.1) is 6.61 Å². The first-order valence-corrected chi connectivity index (χ1v) is 2.43. The van der Waals surface area contributed by atoms with Crippen molar-refractivity contribution >= 4 is 12.4 Å². The van der Waals surface area contributed by atoms with Crippen LogP contribution in [-0.2, 0) is 6.61 Å². The number of pyridine rings is 1. The Hall–Kier alpha value is -0.600. The maximum Gasteiger partial charge on any atom is 0.0682 e. The third kappa shape index (κ3) is 2.44. The second kappa shape index (κ2) is 4.30. The molecular formula is C6H8ClNO. The van der Waals surface area contributed by atoms with Crippen molar-refractivity contribution in [3.05, 3.63) is 30.1 Å². The summed E-state index contributed by atoms with van der Waals surface area (Å²) in [5.41, 5.74) is 0.903. The molecule has 0 aliphatic heterocycles. The van der Waals surface area contributed by atoms with Crippen LogP contribution in [0.15, 0.2) is 24.5 Å². The number of halogens is 1. The first-order chi connectivity index (χ1) is 3.93. The SMILES string of the molecule is Cl.OCc1ccncc1. The van der Waals surface area contributed by atoms with Crippen molar-refractivity contribution in [2.45, 2.75) is 6.61 Å². The van der Waals surface area contributed by atoms with E-state index in [1.165, 1.54) is 0 Å². The Morgan fingerprint density at radius 1 is 1.33 bits per heavy atom. The minimum Gasteiger partial charge on any atom is -0.392 e. The molecular weight excluding hydrogens is 138 g/mol. The summed E-state index contributed by atoms with van der Waals surface area (Å²) in [4.78, 5) is 3.78. The molecule has 0 aliphatic carbocycles. The zero-order valence-electron chi connectivity index (χ0n) is 4.82. The lowest BCUT2D eigenvalue weighted by Gasteiger charge is -1.88. The van der Waals surface area contributed by atoms with Gasteiger partial charge in [-0.25, -0.2) is 0 Å². The van der Waals surface area contributed by atoms with E-state index in [1.807, 2.05) is 0 Å². The van der Waals surface area contributed by atoms with Gasteiger partial charge in [0.15, 0.2) is 0 Å². The first kappa shape index (κ1) is 8.40. The molecule has 0 unspecified atom stereocenters. The van der Waals surface area contributed by atoms with E-state index < -0.39 is 0 Å². The first-order valence-electron chi connectivity index (χ1n) is 2.43. The number of aliphatic hydroxyl groups is 1. The van der Waals surface area contributed by atoms with Gasteiger partial charge in [0.2, 0.25) is 0 Å². The summed E-state index contributed by atoms with van der Waals surface area (Å²) in [6.45, 7) is 0.0997. The lowest BCUT2D eigenvalue weighted by molar-refractivity contribution is 0.281. The monoisotopic (exact) mass is 145 g/mol. The summed E-state index contributed by atoms with van der Waals surface area (Å²) in [6, 6.07) is 3.56. The van der Waals surface area contributed by atoms with Crippen molar-refractivity contribution in [2.75, 3.05) is 0 Å². The van der Waals surface area contributed by atoms with Crippen LogP contribution in [0.25, 0.3) is 0 Å². The average molecular weight is 146 g/mol. The molecule has 1 N–H and O–H groups in total. The predicted molar refractivity (Wildman–Crippen MR) is 37.4 cm³/mol. The van der Waals surface area contributed by atoms with Crippen LogP contribution in [0.1, 0.15) is 5.56 Å². The highest BCUT2D eigenvalue weighted by Crippen LogP contribution is 1.92. The topological polar surface area (TPSA) is 33.1 Å². The lowest BCUT2D eigenvalue weighted by Crippen LogP contribution is -1.80. The van der Waals surface area contributed by atoms with Crippen molar-refractivity contribution in [3.8, 4) is 0 Å². The zero-order valence-corrected chi connectivity index (χ0v) is 5.64. The Balaban J connectivity index is 0.000000640. The molecule has 50 valence electrons. The largest absolute Gasteiger partial charge is 0.392 e. The molecule has 2 nitrogen and oxygen atoms in total. The Kier molecular flexibility index (Phi) is 4.01. The van der Waals surface area contributed by atoms with Crippen molar-refractivity contribution < 1.29 is 5.11 Å². The number of aromatic nitrogens is 1. The molecule has 0 aliphatic rings. The highest BCUT2D eigenvalue weighted by molar-refractivity contribution is 5.85. The standard InChI is InChI=1S/C6H7NO.ClH/c8-5-6-1-3-7-4-2-6;/h1-4,8H,5H2;1H. The molecule has 1 aromatic rings. The van der Waals surface area contributed by atoms with Crippen LogP contribution in [-0.4, -0.2) is 10.1 Å². The molecule has 1 rings (SSSR count). The second-order valence-corrected chi connectivity index (χ2v) is 1.51. The van der Waals surface area contributed by atoms with E-state index in [4.69, 9.17) is 5.11 Å². The van der Waals surface area contributed by atoms with E-state index in [2.05, 4.69) is 4.98 Å². The van der Waals surface area contributed by atoms with Gasteiger partial charge in [-0.15, -0.1) is 12.4 Å². The maximum atomic E-state index is 8.51. The molecule has 0 spiro atoms. The van der Waals surface area contributed by atoms with Gasteiger partial charge in [-0.1, -0.05) is 0 Å². The quantitative estimate of drug-likeness (QED) is 0.640. The molecule has 0 fully saturated rings. The van der Waals surface area contributed by atoms with Gasteiger partial charge >= 0.3 is 0 Å². The van der Waals surface area contributed by atoms with Gasteiger partial charge in [0.25, 0.3) is 0 Å². The number of hydrogen-bond acceptors (Lipinski definition) is 2. The number of aliphatic hydroxyl groups excluding tert-OH is 1. The molecule has 0 aromatic carbocycles. The van der Waals surface area contributed by atoms with Crippen LogP contribution in [0.2, 0.25) is 0 Å². The maximum absolute atomic E-state index is 8.51. The average Bonchev–Trinajstić information content (AvgIpc) is 1.90. The molecule has 0 atom stereocenters. The van der Waals surface area contributed by atoms with Crippen LogP contribution < -0.4 is 0 Å². The highest BCUT2D eigenvalue weighted by Gasteiger charge is 1.81. The molecule has 9 heavy (non-hydrogen) atoms. The molecule has 0 saturated carbocycles. The number of hydrogen-bond donors (Lipinski definition) is 1. The summed E-state index contributed by atoms with van der Waals surface area (Å²) in [5, 5.41) is 8.51. The molecule has 0 saturated heterocycles. The van der Waals surface area contributed by atoms with E-state index >= 15 is 0 Å². The summed E-state index contributed by atoms with van der Waals surface area (Å²) in [6.07, 6.45) is 3.32. The number of rotatable bonds is 1. The minimum absolute atomic E-state index is 0. The molecule has 0 bridgehead atoms. The van der Waals surface area contributed by atoms with Gasteiger partial charge < -0.3 is 5.11 Å².